The molecule has 3 aromatic rings. The van der Waals surface area contributed by atoms with E-state index in [4.69, 9.17) is 4.74 Å². The van der Waals surface area contributed by atoms with Gasteiger partial charge in [0.25, 0.3) is 5.91 Å². The molecular weight excluding hydrogens is 325 g/mol. The minimum Gasteiger partial charge on any atom is -0.491 e. The lowest BCUT2D eigenvalue weighted by Gasteiger charge is -2.17. The fraction of sp³-hybridized carbons (Fsp3) is 0.211. The number of aryl methyl sites for hydroxylation is 1. The van der Waals surface area contributed by atoms with E-state index in [1.165, 1.54) is 23.5 Å². The van der Waals surface area contributed by atoms with Crippen LogP contribution in [-0.2, 0) is 0 Å². The second-order valence-corrected chi connectivity index (χ2v) is 6.72. The Kier molecular flexibility index (Phi) is 4.81. The lowest BCUT2D eigenvalue weighted by atomic mass is 10.2. The van der Waals surface area contributed by atoms with E-state index in [0.717, 1.165) is 21.4 Å². The summed E-state index contributed by atoms with van der Waals surface area (Å²) in [5, 5.41) is 0.884. The second-order valence-electron chi connectivity index (χ2n) is 5.63. The van der Waals surface area contributed by atoms with Gasteiger partial charge in [-0.15, -0.1) is 11.3 Å². The van der Waals surface area contributed by atoms with Crippen LogP contribution < -0.4 is 4.74 Å². The number of ether oxygens (including phenoxy) is 1. The maximum atomic E-state index is 13.3. The van der Waals surface area contributed by atoms with Gasteiger partial charge in [-0.3, -0.25) is 4.79 Å². The van der Waals surface area contributed by atoms with Gasteiger partial charge >= 0.3 is 0 Å². The number of fused-ring (bicyclic) bond motifs is 1. The fourth-order valence-corrected chi connectivity index (χ4v) is 3.49. The van der Waals surface area contributed by atoms with Crippen LogP contribution in [0.25, 0.3) is 10.1 Å². The Balaban J connectivity index is 1.62. The highest BCUT2D eigenvalue weighted by atomic mass is 32.1. The van der Waals surface area contributed by atoms with Crippen LogP contribution in [0.2, 0.25) is 0 Å². The minimum absolute atomic E-state index is 0.0787. The third-order valence-electron chi connectivity index (χ3n) is 3.82. The Bertz CT molecular complexity index is 875. The van der Waals surface area contributed by atoms with E-state index in [9.17, 15) is 9.18 Å². The van der Waals surface area contributed by atoms with Crippen molar-refractivity contribution < 1.29 is 13.9 Å². The molecule has 0 fully saturated rings. The molecule has 0 N–H and O–H groups in total. The molecule has 0 bridgehead atoms. The summed E-state index contributed by atoms with van der Waals surface area (Å²) in [7, 11) is 1.74. The molecule has 3 nitrogen and oxygen atoms in total. The van der Waals surface area contributed by atoms with Gasteiger partial charge in [-0.05, 0) is 42.1 Å². The van der Waals surface area contributed by atoms with Gasteiger partial charge in [0, 0.05) is 11.7 Å². The molecule has 24 heavy (non-hydrogen) atoms. The van der Waals surface area contributed by atoms with Crippen molar-refractivity contribution in [1.82, 2.24) is 4.90 Å². The van der Waals surface area contributed by atoms with Gasteiger partial charge in [-0.25, -0.2) is 4.39 Å². The SMILES string of the molecule is Cc1ccccc1OCCN(C)C(=O)c1cc2ccc(F)cc2s1. The number of halogens is 1. The van der Waals surface area contributed by atoms with Crippen LogP contribution in [-0.4, -0.2) is 31.0 Å². The lowest BCUT2D eigenvalue weighted by Crippen LogP contribution is -2.30. The van der Waals surface area contributed by atoms with Crippen molar-refractivity contribution >= 4 is 27.3 Å². The first kappa shape index (κ1) is 16.5. The maximum Gasteiger partial charge on any atom is 0.263 e. The number of para-hydroxylation sites is 1. The topological polar surface area (TPSA) is 29.5 Å². The molecule has 0 saturated heterocycles. The highest BCUT2D eigenvalue weighted by Gasteiger charge is 2.15. The van der Waals surface area contributed by atoms with Crippen molar-refractivity contribution in [2.45, 2.75) is 6.92 Å². The zero-order valence-corrected chi connectivity index (χ0v) is 14.4. The van der Waals surface area contributed by atoms with Crippen molar-refractivity contribution in [3.8, 4) is 5.75 Å². The first-order valence-corrected chi connectivity index (χ1v) is 8.49. The quantitative estimate of drug-likeness (QED) is 0.683. The predicted octanol–water partition coefficient (Wildman–Crippen LogP) is 4.50. The Morgan fingerprint density at radius 2 is 2.00 bits per heavy atom. The van der Waals surface area contributed by atoms with Gasteiger partial charge in [0.05, 0.1) is 11.4 Å². The van der Waals surface area contributed by atoms with E-state index in [2.05, 4.69) is 0 Å². The molecule has 2 aromatic carbocycles. The third-order valence-corrected chi connectivity index (χ3v) is 4.90. The summed E-state index contributed by atoms with van der Waals surface area (Å²) in [4.78, 5) is 14.7. The molecule has 0 radical (unpaired) electrons. The molecule has 5 heteroatoms. The molecule has 3 rings (SSSR count). The number of likely N-dealkylation sites (N-methyl/N-ethyl adjacent to an activating group) is 1. The Hall–Kier alpha value is -2.40. The summed E-state index contributed by atoms with van der Waals surface area (Å²) in [5.41, 5.74) is 1.07. The van der Waals surface area contributed by atoms with Gasteiger partial charge in [0.15, 0.2) is 0 Å². The van der Waals surface area contributed by atoms with Crippen molar-refractivity contribution in [2.75, 3.05) is 20.2 Å². The lowest BCUT2D eigenvalue weighted by molar-refractivity contribution is 0.0778. The number of benzene rings is 2. The van der Waals surface area contributed by atoms with Gasteiger partial charge < -0.3 is 9.64 Å². The van der Waals surface area contributed by atoms with Crippen molar-refractivity contribution in [3.05, 3.63) is 64.8 Å². The molecular formula is C19H18FNO2S. The number of carbonyl (C=O) groups excluding carboxylic acids is 1. The van der Waals surface area contributed by atoms with Crippen molar-refractivity contribution in [1.29, 1.82) is 0 Å². The van der Waals surface area contributed by atoms with E-state index in [1.807, 2.05) is 31.2 Å². The highest BCUT2D eigenvalue weighted by Crippen LogP contribution is 2.27. The number of rotatable bonds is 5. The van der Waals surface area contributed by atoms with Gasteiger partial charge in [0.2, 0.25) is 0 Å². The van der Waals surface area contributed by atoms with E-state index in [-0.39, 0.29) is 11.7 Å². The smallest absolute Gasteiger partial charge is 0.263 e. The van der Waals surface area contributed by atoms with Gasteiger partial charge in [-0.1, -0.05) is 24.3 Å². The molecule has 0 aliphatic heterocycles. The number of hydrogen-bond acceptors (Lipinski definition) is 3. The molecule has 0 atom stereocenters. The summed E-state index contributed by atoms with van der Waals surface area (Å²) >= 11 is 1.31. The Morgan fingerprint density at radius 1 is 1.21 bits per heavy atom. The van der Waals surface area contributed by atoms with Gasteiger partial charge in [-0.2, -0.15) is 0 Å². The summed E-state index contributed by atoms with van der Waals surface area (Å²) in [5.74, 6) is 0.462. The molecule has 0 aliphatic carbocycles. The van der Waals surface area contributed by atoms with Crippen LogP contribution in [0.5, 0.6) is 5.75 Å². The predicted molar refractivity (Wildman–Crippen MR) is 95.4 cm³/mol. The Labute approximate surface area is 144 Å². The summed E-state index contributed by atoms with van der Waals surface area (Å²) in [6, 6.07) is 14.1. The van der Waals surface area contributed by atoms with Crippen LogP contribution in [0.3, 0.4) is 0 Å². The number of thiophene rings is 1. The monoisotopic (exact) mass is 343 g/mol. The molecule has 1 heterocycles. The van der Waals surface area contributed by atoms with E-state index < -0.39 is 0 Å². The standard InChI is InChI=1S/C19H18FNO2S/c1-13-5-3-4-6-16(13)23-10-9-21(2)19(22)18-11-14-7-8-15(20)12-17(14)24-18/h3-8,11-12H,9-10H2,1-2H3. The molecule has 1 amide bonds. The zero-order valence-electron chi connectivity index (χ0n) is 13.6. The Morgan fingerprint density at radius 3 is 2.79 bits per heavy atom. The van der Waals surface area contributed by atoms with Gasteiger partial charge in [0.1, 0.15) is 18.2 Å². The van der Waals surface area contributed by atoms with Crippen molar-refractivity contribution in [2.24, 2.45) is 0 Å². The largest absolute Gasteiger partial charge is 0.491 e. The maximum absolute atomic E-state index is 13.3. The van der Waals surface area contributed by atoms with Crippen LogP contribution in [0.15, 0.2) is 48.5 Å². The first-order chi connectivity index (χ1) is 11.5. The summed E-state index contributed by atoms with van der Waals surface area (Å²) in [6.45, 7) is 2.89. The molecule has 1 aromatic heterocycles. The molecule has 124 valence electrons. The van der Waals surface area contributed by atoms with E-state index in [1.54, 1.807) is 24.1 Å². The number of carbonyl (C=O) groups is 1. The average Bonchev–Trinajstić information content (AvgIpc) is 2.98. The van der Waals surface area contributed by atoms with E-state index >= 15 is 0 Å². The molecule has 0 saturated carbocycles. The number of amides is 1. The zero-order chi connectivity index (χ0) is 17.1. The third kappa shape index (κ3) is 3.57. The molecule has 0 unspecified atom stereocenters. The van der Waals surface area contributed by atoms with E-state index in [0.29, 0.717) is 18.0 Å². The summed E-state index contributed by atoms with van der Waals surface area (Å²) in [6.07, 6.45) is 0. The highest BCUT2D eigenvalue weighted by molar-refractivity contribution is 7.20. The van der Waals surface area contributed by atoms with Crippen LogP contribution in [0, 0.1) is 12.7 Å². The number of hydrogen-bond donors (Lipinski definition) is 0. The molecule has 0 spiro atoms. The first-order valence-electron chi connectivity index (χ1n) is 7.67. The van der Waals surface area contributed by atoms with Crippen molar-refractivity contribution in [3.63, 3.8) is 0 Å². The minimum atomic E-state index is -0.289. The van der Waals surface area contributed by atoms with Crippen LogP contribution in [0.1, 0.15) is 15.2 Å². The summed E-state index contributed by atoms with van der Waals surface area (Å²) < 4.78 is 19.8. The fourth-order valence-electron chi connectivity index (χ4n) is 2.41. The normalized spacial score (nSPS) is 10.8. The average molecular weight is 343 g/mol. The van der Waals surface area contributed by atoms with Crippen LogP contribution in [0.4, 0.5) is 4.39 Å². The van der Waals surface area contributed by atoms with Crippen LogP contribution >= 0.6 is 11.3 Å². The number of nitrogens with zero attached hydrogens (tertiary/aromatic N) is 1. The molecule has 0 aliphatic rings. The second kappa shape index (κ2) is 7.01.